The predicted octanol–water partition coefficient (Wildman–Crippen LogP) is 4.84. The van der Waals surface area contributed by atoms with Crippen LogP contribution in [0.2, 0.25) is 0 Å². The molecule has 0 aliphatic carbocycles. The first-order valence-corrected chi connectivity index (χ1v) is 7.81. The smallest absolute Gasteiger partial charge is 0.157 e. The molecule has 1 fully saturated rings. The van der Waals surface area contributed by atoms with Crippen molar-refractivity contribution in [2.45, 2.75) is 77.4 Å². The number of ether oxygens (including phenoxy) is 2. The number of hydrogen-bond donors (Lipinski definition) is 0. The van der Waals surface area contributed by atoms with Crippen LogP contribution in [0.4, 0.5) is 0 Å². The lowest BCUT2D eigenvalue weighted by atomic mass is 10.1. The minimum atomic E-state index is 0.0705. The molecule has 0 aromatic carbocycles. The van der Waals surface area contributed by atoms with E-state index in [1.54, 1.807) is 0 Å². The van der Waals surface area contributed by atoms with Gasteiger partial charge in [-0.25, -0.2) is 0 Å². The maximum absolute atomic E-state index is 5.67. The summed E-state index contributed by atoms with van der Waals surface area (Å²) in [7, 11) is 0. The largest absolute Gasteiger partial charge is 0.353 e. The Morgan fingerprint density at radius 2 is 1.89 bits per heavy atom. The predicted molar refractivity (Wildman–Crippen MR) is 76.7 cm³/mol. The van der Waals surface area contributed by atoms with Gasteiger partial charge in [-0.15, -0.1) is 0 Å². The highest BCUT2D eigenvalue weighted by Gasteiger charge is 2.12. The normalized spacial score (nSPS) is 20.6. The number of hydrogen-bond acceptors (Lipinski definition) is 2. The van der Waals surface area contributed by atoms with Crippen molar-refractivity contribution in [1.29, 1.82) is 0 Å². The van der Waals surface area contributed by atoms with E-state index >= 15 is 0 Å². The second-order valence-corrected chi connectivity index (χ2v) is 5.13. The van der Waals surface area contributed by atoms with Crippen LogP contribution in [0, 0.1) is 0 Å². The number of rotatable bonds is 10. The van der Waals surface area contributed by atoms with E-state index in [1.165, 1.54) is 51.4 Å². The SMILES string of the molecule is CCCCCCCC=CCCOC1CCCCO1. The van der Waals surface area contributed by atoms with E-state index in [2.05, 4.69) is 19.1 Å². The van der Waals surface area contributed by atoms with Gasteiger partial charge >= 0.3 is 0 Å². The molecule has 1 aliphatic heterocycles. The Morgan fingerprint density at radius 1 is 1.06 bits per heavy atom. The summed E-state index contributed by atoms with van der Waals surface area (Å²) in [6.07, 6.45) is 17.2. The molecule has 0 saturated carbocycles. The van der Waals surface area contributed by atoms with Gasteiger partial charge in [0, 0.05) is 6.61 Å². The van der Waals surface area contributed by atoms with Gasteiger partial charge in [0.1, 0.15) is 0 Å². The average Bonchev–Trinajstić information content (AvgIpc) is 2.42. The van der Waals surface area contributed by atoms with E-state index in [9.17, 15) is 0 Å². The maximum atomic E-state index is 5.67. The first kappa shape index (κ1) is 15.7. The van der Waals surface area contributed by atoms with E-state index in [1.807, 2.05) is 0 Å². The van der Waals surface area contributed by atoms with Crippen LogP contribution in [0.3, 0.4) is 0 Å². The Labute approximate surface area is 113 Å². The van der Waals surface area contributed by atoms with Crippen molar-refractivity contribution < 1.29 is 9.47 Å². The van der Waals surface area contributed by atoms with Crippen molar-refractivity contribution in [3.63, 3.8) is 0 Å². The molecular formula is C16H30O2. The number of allylic oxidation sites excluding steroid dienone is 1. The van der Waals surface area contributed by atoms with Gasteiger partial charge in [-0.05, 0) is 38.5 Å². The van der Waals surface area contributed by atoms with Gasteiger partial charge in [0.05, 0.1) is 6.61 Å². The summed E-state index contributed by atoms with van der Waals surface area (Å²) < 4.78 is 11.2. The standard InChI is InChI=1S/C16H30O2/c1-2-3-4-5-6-7-8-9-11-14-17-16-13-10-12-15-18-16/h8-9,16H,2-7,10-15H2,1H3. The molecular weight excluding hydrogens is 224 g/mol. The van der Waals surface area contributed by atoms with Crippen molar-refractivity contribution in [1.82, 2.24) is 0 Å². The Balaban J connectivity index is 1.81. The van der Waals surface area contributed by atoms with E-state index in [4.69, 9.17) is 9.47 Å². The Kier molecular flexibility index (Phi) is 10.2. The van der Waals surface area contributed by atoms with Crippen LogP contribution in [0.25, 0.3) is 0 Å². The van der Waals surface area contributed by atoms with Crippen LogP contribution in [0.5, 0.6) is 0 Å². The first-order valence-electron chi connectivity index (χ1n) is 7.81. The molecule has 18 heavy (non-hydrogen) atoms. The molecule has 106 valence electrons. The fourth-order valence-corrected chi connectivity index (χ4v) is 2.21. The molecule has 1 heterocycles. The van der Waals surface area contributed by atoms with Gasteiger partial charge in [0.15, 0.2) is 6.29 Å². The molecule has 1 rings (SSSR count). The third kappa shape index (κ3) is 8.71. The van der Waals surface area contributed by atoms with Crippen molar-refractivity contribution in [3.05, 3.63) is 12.2 Å². The van der Waals surface area contributed by atoms with Gasteiger partial charge in [-0.1, -0.05) is 44.8 Å². The zero-order valence-corrected chi connectivity index (χ0v) is 12.0. The summed E-state index contributed by atoms with van der Waals surface area (Å²) in [6.45, 7) is 3.94. The molecule has 0 aromatic rings. The van der Waals surface area contributed by atoms with Gasteiger partial charge in [0.2, 0.25) is 0 Å². The lowest BCUT2D eigenvalue weighted by Gasteiger charge is -2.22. The van der Waals surface area contributed by atoms with Crippen molar-refractivity contribution in [2.24, 2.45) is 0 Å². The Morgan fingerprint density at radius 3 is 2.67 bits per heavy atom. The fraction of sp³-hybridized carbons (Fsp3) is 0.875. The lowest BCUT2D eigenvalue weighted by Crippen LogP contribution is -2.22. The summed E-state index contributed by atoms with van der Waals surface area (Å²) in [6, 6.07) is 0. The summed E-state index contributed by atoms with van der Waals surface area (Å²) >= 11 is 0. The van der Waals surface area contributed by atoms with E-state index in [-0.39, 0.29) is 6.29 Å². The monoisotopic (exact) mass is 254 g/mol. The van der Waals surface area contributed by atoms with Gasteiger partial charge in [-0.3, -0.25) is 0 Å². The summed E-state index contributed by atoms with van der Waals surface area (Å²) in [5.74, 6) is 0. The average molecular weight is 254 g/mol. The van der Waals surface area contributed by atoms with E-state index in [0.29, 0.717) is 0 Å². The first-order chi connectivity index (χ1) is 8.93. The van der Waals surface area contributed by atoms with Crippen LogP contribution in [-0.4, -0.2) is 19.5 Å². The van der Waals surface area contributed by atoms with Crippen LogP contribution in [-0.2, 0) is 9.47 Å². The highest BCUT2D eigenvalue weighted by atomic mass is 16.7. The van der Waals surface area contributed by atoms with Gasteiger partial charge in [0.25, 0.3) is 0 Å². The lowest BCUT2D eigenvalue weighted by molar-refractivity contribution is -0.161. The van der Waals surface area contributed by atoms with Crippen LogP contribution in [0.1, 0.15) is 71.1 Å². The maximum Gasteiger partial charge on any atom is 0.157 e. The molecule has 1 unspecified atom stereocenters. The molecule has 0 aromatic heterocycles. The van der Waals surface area contributed by atoms with Crippen molar-refractivity contribution in [2.75, 3.05) is 13.2 Å². The molecule has 0 N–H and O–H groups in total. The summed E-state index contributed by atoms with van der Waals surface area (Å²) in [4.78, 5) is 0. The van der Waals surface area contributed by atoms with Crippen LogP contribution >= 0.6 is 0 Å². The molecule has 0 radical (unpaired) electrons. The second-order valence-electron chi connectivity index (χ2n) is 5.13. The molecule has 0 bridgehead atoms. The van der Waals surface area contributed by atoms with Crippen molar-refractivity contribution >= 4 is 0 Å². The van der Waals surface area contributed by atoms with Crippen molar-refractivity contribution in [3.8, 4) is 0 Å². The second kappa shape index (κ2) is 11.7. The summed E-state index contributed by atoms with van der Waals surface area (Å²) in [5, 5.41) is 0. The molecule has 2 nitrogen and oxygen atoms in total. The third-order valence-corrected chi connectivity index (χ3v) is 3.37. The van der Waals surface area contributed by atoms with Gasteiger partial charge < -0.3 is 9.47 Å². The van der Waals surface area contributed by atoms with Gasteiger partial charge in [-0.2, -0.15) is 0 Å². The third-order valence-electron chi connectivity index (χ3n) is 3.37. The van der Waals surface area contributed by atoms with Crippen LogP contribution < -0.4 is 0 Å². The fourth-order valence-electron chi connectivity index (χ4n) is 2.21. The minimum Gasteiger partial charge on any atom is -0.353 e. The highest BCUT2D eigenvalue weighted by Crippen LogP contribution is 2.13. The molecule has 0 spiro atoms. The summed E-state index contributed by atoms with van der Waals surface area (Å²) in [5.41, 5.74) is 0. The zero-order valence-electron chi connectivity index (χ0n) is 12.0. The van der Waals surface area contributed by atoms with Crippen LogP contribution in [0.15, 0.2) is 12.2 Å². The number of unbranched alkanes of at least 4 members (excludes halogenated alkanes) is 5. The van der Waals surface area contributed by atoms with E-state index in [0.717, 1.165) is 26.1 Å². The zero-order chi connectivity index (χ0) is 12.9. The van der Waals surface area contributed by atoms with E-state index < -0.39 is 0 Å². The molecule has 1 saturated heterocycles. The molecule has 2 heteroatoms. The Hall–Kier alpha value is -0.340. The minimum absolute atomic E-state index is 0.0705. The quantitative estimate of drug-likeness (QED) is 0.410. The molecule has 1 aliphatic rings. The Bertz CT molecular complexity index is 195. The molecule has 0 amide bonds. The topological polar surface area (TPSA) is 18.5 Å². The highest BCUT2D eigenvalue weighted by molar-refractivity contribution is 4.81. The molecule has 1 atom stereocenters.